The van der Waals surface area contributed by atoms with E-state index in [2.05, 4.69) is 0 Å². The summed E-state index contributed by atoms with van der Waals surface area (Å²) in [5.74, 6) is -7.01. The minimum absolute atomic E-state index is 0. The number of ketones is 1. The van der Waals surface area contributed by atoms with Crippen LogP contribution in [-0.2, 0) is 14.4 Å². The Bertz CT molecular complexity index is 154. The van der Waals surface area contributed by atoms with Crippen LogP contribution in [0.5, 0.6) is 0 Å². The van der Waals surface area contributed by atoms with Crippen LogP contribution >= 0.6 is 0 Å². The molecule has 0 bridgehead atoms. The van der Waals surface area contributed by atoms with Gasteiger partial charge < -0.3 is 19.8 Å². The average molecular weight is 168 g/mol. The molecule has 0 aromatic rings. The second kappa shape index (κ2) is 5.08. The van der Waals surface area contributed by atoms with Crippen LogP contribution in [0.3, 0.4) is 0 Å². The number of Topliss-reactive ketones (excluding diaryl/α,β-unsaturated/α-hetero) is 1. The van der Waals surface area contributed by atoms with E-state index >= 15 is 0 Å². The van der Waals surface area contributed by atoms with Gasteiger partial charge in [0.1, 0.15) is 5.78 Å². The van der Waals surface area contributed by atoms with Gasteiger partial charge in [-0.1, -0.05) is 0 Å². The Morgan fingerprint density at radius 2 is 1.36 bits per heavy atom. The van der Waals surface area contributed by atoms with E-state index in [1.165, 1.54) is 0 Å². The number of hydrogen-bond acceptors (Lipinski definition) is 5. The third kappa shape index (κ3) is 3.94. The smallest absolute Gasteiger partial charge is 0.549 e. The molecule has 6 heteroatoms. The molecule has 56 valence electrons. The van der Waals surface area contributed by atoms with Gasteiger partial charge in [-0.2, -0.15) is 0 Å². The Morgan fingerprint density at radius 3 is 1.36 bits per heavy atom. The minimum Gasteiger partial charge on any atom is -0.549 e. The summed E-state index contributed by atoms with van der Waals surface area (Å²) in [6.45, 7) is 0.844. The Balaban J connectivity index is 0. The van der Waals surface area contributed by atoms with Crippen LogP contribution in [-0.4, -0.2) is 40.8 Å². The topological polar surface area (TPSA) is 97.3 Å². The molecule has 0 atom stereocenters. The first-order chi connectivity index (χ1) is 4.46. The van der Waals surface area contributed by atoms with Crippen molar-refractivity contribution in [3.63, 3.8) is 0 Å². The molecule has 0 rings (SSSR count). The van der Waals surface area contributed by atoms with Crippen molar-refractivity contribution in [1.82, 2.24) is 0 Å². The monoisotopic (exact) mass is 168 g/mol. The van der Waals surface area contributed by atoms with Crippen molar-refractivity contribution in [3.05, 3.63) is 0 Å². The number of rotatable bonds is 3. The standard InChI is InChI=1S/C5H6O5.Mg/c1-2(6)3(4(7)8)5(9)10;/h3H,1H3,(H,7,8)(H,9,10);/q;+2/p-2. The van der Waals surface area contributed by atoms with E-state index in [4.69, 9.17) is 0 Å². The van der Waals surface area contributed by atoms with Crippen molar-refractivity contribution >= 4 is 40.8 Å². The quantitative estimate of drug-likeness (QED) is 0.319. The summed E-state index contributed by atoms with van der Waals surface area (Å²) >= 11 is 0. The van der Waals surface area contributed by atoms with Crippen LogP contribution < -0.4 is 10.2 Å². The predicted octanol–water partition coefficient (Wildman–Crippen LogP) is -3.69. The van der Waals surface area contributed by atoms with E-state index in [-0.39, 0.29) is 23.1 Å². The number of carbonyl (C=O) groups excluding carboxylic acids is 3. The number of carbonyl (C=O) groups is 3. The molecule has 0 aliphatic rings. The fourth-order valence-corrected chi connectivity index (χ4v) is 0.428. The van der Waals surface area contributed by atoms with Crippen molar-refractivity contribution in [2.24, 2.45) is 5.92 Å². The summed E-state index contributed by atoms with van der Waals surface area (Å²) in [6.07, 6.45) is 0. The van der Waals surface area contributed by atoms with Crippen molar-refractivity contribution < 1.29 is 24.6 Å². The number of aliphatic carboxylic acids is 2. The van der Waals surface area contributed by atoms with Crippen molar-refractivity contribution in [3.8, 4) is 0 Å². The fourth-order valence-electron chi connectivity index (χ4n) is 0.428. The molecular formula is C5H4MgO5. The largest absolute Gasteiger partial charge is 2.00 e. The number of carboxylic acids is 2. The van der Waals surface area contributed by atoms with Gasteiger partial charge >= 0.3 is 23.1 Å². The van der Waals surface area contributed by atoms with Gasteiger partial charge in [0.2, 0.25) is 0 Å². The summed E-state index contributed by atoms with van der Waals surface area (Å²) in [5.41, 5.74) is 0. The Morgan fingerprint density at radius 1 is 1.09 bits per heavy atom. The molecule has 0 radical (unpaired) electrons. The second-order valence-corrected chi connectivity index (χ2v) is 1.68. The SMILES string of the molecule is CC(=O)C(C(=O)[O-])C(=O)[O-].[Mg+2]. The average Bonchev–Trinajstić information content (AvgIpc) is 1.59. The summed E-state index contributed by atoms with van der Waals surface area (Å²) in [7, 11) is 0. The van der Waals surface area contributed by atoms with Gasteiger partial charge in [-0.25, -0.2) is 0 Å². The molecule has 0 amide bonds. The van der Waals surface area contributed by atoms with Crippen molar-refractivity contribution in [1.29, 1.82) is 0 Å². The molecular weight excluding hydrogens is 164 g/mol. The van der Waals surface area contributed by atoms with Gasteiger partial charge in [-0.15, -0.1) is 0 Å². The van der Waals surface area contributed by atoms with Crippen LogP contribution in [0, 0.1) is 5.92 Å². The van der Waals surface area contributed by atoms with Gasteiger partial charge in [0.05, 0.1) is 17.9 Å². The van der Waals surface area contributed by atoms with Gasteiger partial charge in [-0.3, -0.25) is 4.79 Å². The Hall–Kier alpha value is -0.624. The molecule has 0 aromatic heterocycles. The zero-order valence-electron chi connectivity index (χ0n) is 5.83. The van der Waals surface area contributed by atoms with Crippen LogP contribution in [0.15, 0.2) is 0 Å². The minimum atomic E-state index is -2.14. The number of carboxylic acid groups (broad SMARTS) is 2. The van der Waals surface area contributed by atoms with Crippen molar-refractivity contribution in [2.45, 2.75) is 6.92 Å². The summed E-state index contributed by atoms with van der Waals surface area (Å²) in [5, 5.41) is 19.7. The maximum absolute atomic E-state index is 10.2. The zero-order chi connectivity index (χ0) is 8.31. The first-order valence-electron chi connectivity index (χ1n) is 2.39. The van der Waals surface area contributed by atoms with E-state index in [9.17, 15) is 24.6 Å². The third-order valence-corrected chi connectivity index (χ3v) is 0.878. The molecule has 0 unspecified atom stereocenters. The van der Waals surface area contributed by atoms with Crippen LogP contribution in [0.4, 0.5) is 0 Å². The number of hydrogen-bond donors (Lipinski definition) is 0. The summed E-state index contributed by atoms with van der Waals surface area (Å²) in [4.78, 5) is 29.8. The van der Waals surface area contributed by atoms with E-state index in [0.717, 1.165) is 6.92 Å². The van der Waals surface area contributed by atoms with E-state index in [1.54, 1.807) is 0 Å². The predicted molar refractivity (Wildman–Crippen MR) is 29.9 cm³/mol. The molecule has 0 aliphatic carbocycles. The fraction of sp³-hybridized carbons (Fsp3) is 0.400. The molecule has 5 nitrogen and oxygen atoms in total. The maximum atomic E-state index is 10.2. The summed E-state index contributed by atoms with van der Waals surface area (Å²) in [6, 6.07) is 0. The molecule has 0 fully saturated rings. The molecule has 0 saturated heterocycles. The second-order valence-electron chi connectivity index (χ2n) is 1.68. The van der Waals surface area contributed by atoms with Crippen LogP contribution in [0.2, 0.25) is 0 Å². The molecule has 11 heavy (non-hydrogen) atoms. The van der Waals surface area contributed by atoms with Gasteiger partial charge in [0.15, 0.2) is 0 Å². The normalized spacial score (nSPS) is 8.55. The van der Waals surface area contributed by atoms with E-state index in [1.807, 2.05) is 0 Å². The van der Waals surface area contributed by atoms with Gasteiger partial charge in [-0.05, 0) is 6.92 Å². The molecule has 0 aliphatic heterocycles. The molecule has 0 heterocycles. The van der Waals surface area contributed by atoms with E-state index in [0.29, 0.717) is 0 Å². The molecule has 0 spiro atoms. The first kappa shape index (κ1) is 13.0. The first-order valence-corrected chi connectivity index (χ1v) is 2.39. The molecule has 0 saturated carbocycles. The Labute approximate surface area is 78.5 Å². The third-order valence-electron chi connectivity index (χ3n) is 0.878. The van der Waals surface area contributed by atoms with Gasteiger partial charge in [0, 0.05) is 0 Å². The zero-order valence-corrected chi connectivity index (χ0v) is 7.24. The Kier molecular flexibility index (Phi) is 6.01. The van der Waals surface area contributed by atoms with Gasteiger partial charge in [0.25, 0.3) is 0 Å². The van der Waals surface area contributed by atoms with Crippen molar-refractivity contribution in [2.75, 3.05) is 0 Å². The van der Waals surface area contributed by atoms with Crippen LogP contribution in [0.25, 0.3) is 0 Å². The van der Waals surface area contributed by atoms with E-state index < -0.39 is 23.6 Å². The maximum Gasteiger partial charge on any atom is 2.00 e. The molecule has 0 aromatic carbocycles. The van der Waals surface area contributed by atoms with Crippen LogP contribution in [0.1, 0.15) is 6.92 Å². The molecule has 0 N–H and O–H groups in total. The summed E-state index contributed by atoms with van der Waals surface area (Å²) < 4.78 is 0.